The largest absolute Gasteiger partial charge is 0.393 e. The van der Waals surface area contributed by atoms with E-state index in [1.54, 1.807) is 0 Å². The first-order valence-electron chi connectivity index (χ1n) is 4.15. The normalized spacial score (nSPS) is 53.4. The van der Waals surface area contributed by atoms with Crippen LogP contribution in [0.1, 0.15) is 25.7 Å². The molecular weight excluding hydrogens is 128 g/mol. The highest BCUT2D eigenvalue weighted by atomic mass is 16.3. The summed E-state index contributed by atoms with van der Waals surface area (Å²) in [5, 5.41) is 18.8. The van der Waals surface area contributed by atoms with E-state index in [2.05, 4.69) is 0 Å². The summed E-state index contributed by atoms with van der Waals surface area (Å²) in [6, 6.07) is 0. The van der Waals surface area contributed by atoms with Gasteiger partial charge >= 0.3 is 0 Å². The van der Waals surface area contributed by atoms with E-state index >= 15 is 0 Å². The van der Waals surface area contributed by atoms with Gasteiger partial charge in [-0.15, -0.1) is 0 Å². The molecule has 2 aliphatic rings. The van der Waals surface area contributed by atoms with Crippen LogP contribution in [0.2, 0.25) is 0 Å². The number of fused-ring (bicyclic) bond motifs is 1. The van der Waals surface area contributed by atoms with Crippen molar-refractivity contribution in [3.8, 4) is 0 Å². The third-order valence-electron chi connectivity index (χ3n) is 3.13. The molecule has 0 aliphatic heterocycles. The van der Waals surface area contributed by atoms with Crippen LogP contribution in [0.3, 0.4) is 0 Å². The van der Waals surface area contributed by atoms with Crippen LogP contribution in [0.15, 0.2) is 0 Å². The van der Waals surface area contributed by atoms with Crippen LogP contribution >= 0.6 is 0 Å². The third kappa shape index (κ3) is 0.789. The summed E-state index contributed by atoms with van der Waals surface area (Å²) in [6.45, 7) is 0. The van der Waals surface area contributed by atoms with Crippen LogP contribution in [-0.4, -0.2) is 22.4 Å². The summed E-state index contributed by atoms with van der Waals surface area (Å²) in [5.41, 5.74) is 0. The van der Waals surface area contributed by atoms with E-state index in [4.69, 9.17) is 0 Å². The van der Waals surface area contributed by atoms with E-state index in [0.29, 0.717) is 11.8 Å². The molecule has 0 spiro atoms. The Morgan fingerprint density at radius 1 is 0.700 bits per heavy atom. The van der Waals surface area contributed by atoms with Gasteiger partial charge in [0.25, 0.3) is 0 Å². The van der Waals surface area contributed by atoms with Crippen LogP contribution in [0, 0.1) is 11.8 Å². The van der Waals surface area contributed by atoms with Gasteiger partial charge in [0.15, 0.2) is 0 Å². The van der Waals surface area contributed by atoms with Crippen molar-refractivity contribution in [3.63, 3.8) is 0 Å². The molecule has 2 N–H and O–H groups in total. The first-order chi connectivity index (χ1) is 4.79. The van der Waals surface area contributed by atoms with Crippen molar-refractivity contribution in [1.29, 1.82) is 0 Å². The molecule has 0 aromatic rings. The van der Waals surface area contributed by atoms with E-state index in [9.17, 15) is 10.2 Å². The smallest absolute Gasteiger partial charge is 0.0572 e. The summed E-state index contributed by atoms with van der Waals surface area (Å²) in [4.78, 5) is 0. The highest BCUT2D eigenvalue weighted by Gasteiger charge is 2.43. The third-order valence-corrected chi connectivity index (χ3v) is 3.13. The van der Waals surface area contributed by atoms with Gasteiger partial charge in [0.1, 0.15) is 0 Å². The maximum Gasteiger partial charge on any atom is 0.0572 e. The van der Waals surface area contributed by atoms with Gasteiger partial charge in [0.2, 0.25) is 0 Å². The summed E-state index contributed by atoms with van der Waals surface area (Å²) >= 11 is 0. The second kappa shape index (κ2) is 2.21. The first-order valence-corrected chi connectivity index (χ1v) is 4.15. The molecule has 0 amide bonds. The van der Waals surface area contributed by atoms with Crippen molar-refractivity contribution < 1.29 is 10.2 Å². The fraction of sp³-hybridized carbons (Fsp3) is 1.00. The lowest BCUT2D eigenvalue weighted by Gasteiger charge is -2.13. The zero-order chi connectivity index (χ0) is 7.14. The Kier molecular flexibility index (Phi) is 1.46. The Labute approximate surface area is 60.9 Å². The minimum atomic E-state index is -0.109. The molecule has 58 valence electrons. The standard InChI is InChI=1S/C8H14O2/c9-7-3-1-5-6(7)2-4-8(5)10/h5-10H,1-4H2/t5-,6+,7-,8+. The molecule has 2 rings (SSSR count). The topological polar surface area (TPSA) is 40.5 Å². The number of aliphatic hydroxyl groups excluding tert-OH is 2. The monoisotopic (exact) mass is 142 g/mol. The molecule has 2 aliphatic carbocycles. The Hall–Kier alpha value is -0.0800. The van der Waals surface area contributed by atoms with Gasteiger partial charge < -0.3 is 10.2 Å². The van der Waals surface area contributed by atoms with E-state index in [1.165, 1.54) is 0 Å². The number of aliphatic hydroxyl groups is 2. The fourth-order valence-electron chi connectivity index (χ4n) is 2.54. The van der Waals surface area contributed by atoms with Gasteiger partial charge in [-0.2, -0.15) is 0 Å². The molecule has 2 fully saturated rings. The van der Waals surface area contributed by atoms with Crippen LogP contribution in [0.4, 0.5) is 0 Å². The first kappa shape index (κ1) is 6.62. The molecule has 0 heterocycles. The van der Waals surface area contributed by atoms with Crippen LogP contribution < -0.4 is 0 Å². The Morgan fingerprint density at radius 2 is 1.10 bits per heavy atom. The average Bonchev–Trinajstić information content (AvgIpc) is 2.41. The molecule has 0 aromatic carbocycles. The highest BCUT2D eigenvalue weighted by Crippen LogP contribution is 2.43. The average molecular weight is 142 g/mol. The van der Waals surface area contributed by atoms with Crippen molar-refractivity contribution in [3.05, 3.63) is 0 Å². The van der Waals surface area contributed by atoms with Gasteiger partial charge in [-0.25, -0.2) is 0 Å². The zero-order valence-electron chi connectivity index (χ0n) is 6.03. The molecule has 0 aromatic heterocycles. The van der Waals surface area contributed by atoms with Crippen LogP contribution in [0.5, 0.6) is 0 Å². The summed E-state index contributed by atoms with van der Waals surface area (Å²) in [5.74, 6) is 0.852. The van der Waals surface area contributed by atoms with Gasteiger partial charge in [-0.1, -0.05) is 0 Å². The molecule has 0 radical (unpaired) electrons. The van der Waals surface area contributed by atoms with E-state index in [0.717, 1.165) is 25.7 Å². The summed E-state index contributed by atoms with van der Waals surface area (Å²) in [6.07, 6.45) is 3.67. The van der Waals surface area contributed by atoms with Crippen molar-refractivity contribution in [2.45, 2.75) is 37.9 Å². The molecule has 0 bridgehead atoms. The van der Waals surface area contributed by atoms with Crippen LogP contribution in [0.25, 0.3) is 0 Å². The van der Waals surface area contributed by atoms with Crippen molar-refractivity contribution in [1.82, 2.24) is 0 Å². The van der Waals surface area contributed by atoms with E-state index < -0.39 is 0 Å². The van der Waals surface area contributed by atoms with Gasteiger partial charge in [0.05, 0.1) is 12.2 Å². The van der Waals surface area contributed by atoms with E-state index in [1.807, 2.05) is 0 Å². The molecule has 0 unspecified atom stereocenters. The molecule has 0 saturated heterocycles. The maximum absolute atomic E-state index is 9.41. The minimum absolute atomic E-state index is 0.109. The summed E-state index contributed by atoms with van der Waals surface area (Å²) in [7, 11) is 0. The molecule has 2 nitrogen and oxygen atoms in total. The molecule has 4 atom stereocenters. The number of hydrogen-bond donors (Lipinski definition) is 2. The summed E-state index contributed by atoms with van der Waals surface area (Å²) < 4.78 is 0. The predicted molar refractivity (Wildman–Crippen MR) is 37.5 cm³/mol. The van der Waals surface area contributed by atoms with Crippen molar-refractivity contribution >= 4 is 0 Å². The number of hydrogen-bond acceptors (Lipinski definition) is 2. The van der Waals surface area contributed by atoms with Crippen molar-refractivity contribution in [2.75, 3.05) is 0 Å². The van der Waals surface area contributed by atoms with Gasteiger partial charge in [-0.3, -0.25) is 0 Å². The SMILES string of the molecule is O[C@@H]1CC[C@@H]2[C@@H]1CC[C@@H]2O. The Bertz CT molecular complexity index is 119. The van der Waals surface area contributed by atoms with E-state index in [-0.39, 0.29) is 12.2 Å². The maximum atomic E-state index is 9.41. The minimum Gasteiger partial charge on any atom is -0.393 e. The lowest BCUT2D eigenvalue weighted by atomic mass is 9.98. The van der Waals surface area contributed by atoms with Crippen molar-refractivity contribution in [2.24, 2.45) is 11.8 Å². The predicted octanol–water partition coefficient (Wildman–Crippen LogP) is 0.528. The molecule has 2 saturated carbocycles. The molecule has 10 heavy (non-hydrogen) atoms. The lowest BCUT2D eigenvalue weighted by Crippen LogP contribution is -2.18. The Balaban J connectivity index is 2.09. The van der Waals surface area contributed by atoms with Gasteiger partial charge in [-0.05, 0) is 37.5 Å². The highest BCUT2D eigenvalue weighted by molar-refractivity contribution is 4.93. The second-order valence-electron chi connectivity index (χ2n) is 3.62. The zero-order valence-corrected chi connectivity index (χ0v) is 6.03. The molecular formula is C8H14O2. The Morgan fingerprint density at radius 3 is 1.50 bits per heavy atom. The fourth-order valence-corrected chi connectivity index (χ4v) is 2.54. The van der Waals surface area contributed by atoms with Gasteiger partial charge in [0, 0.05) is 0 Å². The molecule has 2 heteroatoms. The van der Waals surface area contributed by atoms with Crippen LogP contribution in [-0.2, 0) is 0 Å². The quantitative estimate of drug-likeness (QED) is 0.518. The second-order valence-corrected chi connectivity index (χ2v) is 3.62. The number of rotatable bonds is 0. The lowest BCUT2D eigenvalue weighted by molar-refractivity contribution is 0.0988.